The van der Waals surface area contributed by atoms with E-state index in [-0.39, 0.29) is 17.4 Å². The summed E-state index contributed by atoms with van der Waals surface area (Å²) in [4.78, 5) is 27.2. The van der Waals surface area contributed by atoms with Crippen LogP contribution < -0.4 is 10.2 Å². The van der Waals surface area contributed by atoms with Gasteiger partial charge in [-0.3, -0.25) is 9.48 Å². The zero-order chi connectivity index (χ0) is 21.9. The third kappa shape index (κ3) is 3.13. The molecule has 0 unspecified atom stereocenters. The first-order chi connectivity index (χ1) is 15.5. The Balaban J connectivity index is 1.14. The summed E-state index contributed by atoms with van der Waals surface area (Å²) in [6.45, 7) is 1.84. The van der Waals surface area contributed by atoms with Gasteiger partial charge in [-0.1, -0.05) is 12.1 Å². The van der Waals surface area contributed by atoms with E-state index in [0.29, 0.717) is 17.2 Å². The predicted octanol–water partition coefficient (Wildman–Crippen LogP) is 2.57. The lowest BCUT2D eigenvalue weighted by Gasteiger charge is -2.58. The monoisotopic (exact) mass is 429 g/mol. The van der Waals surface area contributed by atoms with E-state index < -0.39 is 0 Å². The molecule has 3 aromatic heterocycles. The Bertz CT molecular complexity index is 1280. The summed E-state index contributed by atoms with van der Waals surface area (Å²) in [5.74, 6) is 1.74. The smallest absolute Gasteiger partial charge is 0.258 e. The minimum atomic E-state index is -0.263. The first-order valence-electron chi connectivity index (χ1n) is 10.7. The number of rotatable bonds is 4. The predicted molar refractivity (Wildman–Crippen MR) is 120 cm³/mol. The van der Waals surface area contributed by atoms with Crippen molar-refractivity contribution < 1.29 is 9.90 Å². The number of anilines is 2. The van der Waals surface area contributed by atoms with E-state index in [2.05, 4.69) is 30.3 Å². The van der Waals surface area contributed by atoms with Crippen LogP contribution in [0.4, 0.5) is 11.6 Å². The Labute approximate surface area is 184 Å². The van der Waals surface area contributed by atoms with Crippen molar-refractivity contribution in [2.24, 2.45) is 12.5 Å². The Morgan fingerprint density at radius 3 is 2.75 bits per heavy atom. The van der Waals surface area contributed by atoms with Crippen LogP contribution in [-0.2, 0) is 7.05 Å². The molecule has 3 N–H and O–H groups in total. The van der Waals surface area contributed by atoms with Crippen LogP contribution in [0.5, 0.6) is 0 Å². The molecule has 9 nitrogen and oxygen atoms in total. The standard InChI is InChI=1S/C23H23N7O2/c1-29-18(21-25-16-4-2-3-5-17(16)26-21)8-19(28-29)27-22(32)14-6-7-20(24-11-14)30-12-23(13-30)9-15(31)10-23/h2-8,11,15,31H,9-10,12-13H2,1H3,(H,25,26)(H,27,28,32). The molecule has 4 heterocycles. The lowest BCUT2D eigenvalue weighted by molar-refractivity contribution is -0.0494. The number of aromatic nitrogens is 5. The zero-order valence-corrected chi connectivity index (χ0v) is 17.6. The fourth-order valence-electron chi connectivity index (χ4n) is 4.84. The van der Waals surface area contributed by atoms with Gasteiger partial charge in [-0.05, 0) is 37.1 Å². The maximum absolute atomic E-state index is 12.7. The number of aryl methyl sites for hydroxylation is 1. The number of hydrogen-bond acceptors (Lipinski definition) is 6. The molecule has 1 saturated heterocycles. The number of imidazole rings is 1. The Kier molecular flexibility index (Phi) is 4.09. The van der Waals surface area contributed by atoms with E-state index in [9.17, 15) is 9.90 Å². The van der Waals surface area contributed by atoms with E-state index in [4.69, 9.17) is 0 Å². The molecular formula is C23H23N7O2. The second-order valence-electron chi connectivity index (χ2n) is 8.92. The van der Waals surface area contributed by atoms with Crippen LogP contribution in [0.2, 0.25) is 0 Å². The van der Waals surface area contributed by atoms with Gasteiger partial charge in [-0.15, -0.1) is 0 Å². The van der Waals surface area contributed by atoms with Crippen LogP contribution in [0, 0.1) is 5.41 Å². The third-order valence-electron chi connectivity index (χ3n) is 6.48. The van der Waals surface area contributed by atoms with Crippen molar-refractivity contribution >= 4 is 28.6 Å². The highest BCUT2D eigenvalue weighted by atomic mass is 16.3. The van der Waals surface area contributed by atoms with Crippen LogP contribution >= 0.6 is 0 Å². The van der Waals surface area contributed by atoms with E-state index in [1.807, 2.05) is 37.4 Å². The second-order valence-corrected chi connectivity index (χ2v) is 8.92. The highest BCUT2D eigenvalue weighted by Gasteiger charge is 2.52. The SMILES string of the molecule is Cn1nc(NC(=O)c2ccc(N3CC4(CC(O)C4)C3)nc2)cc1-c1nc2ccccc2[nH]1. The fourth-order valence-corrected chi connectivity index (χ4v) is 4.84. The summed E-state index contributed by atoms with van der Waals surface area (Å²) in [5, 5.41) is 16.8. The molecule has 1 spiro atoms. The minimum Gasteiger partial charge on any atom is -0.393 e. The molecule has 9 heteroatoms. The van der Waals surface area contributed by atoms with E-state index in [1.165, 1.54) is 0 Å². The number of aliphatic hydroxyl groups excluding tert-OH is 1. The van der Waals surface area contributed by atoms with Crippen molar-refractivity contribution in [3.05, 3.63) is 54.2 Å². The summed E-state index contributed by atoms with van der Waals surface area (Å²) < 4.78 is 1.69. The quantitative estimate of drug-likeness (QED) is 0.460. The fraction of sp³-hybridized carbons (Fsp3) is 0.304. The summed E-state index contributed by atoms with van der Waals surface area (Å²) in [6.07, 6.45) is 3.21. The average molecular weight is 429 g/mol. The Morgan fingerprint density at radius 1 is 1.22 bits per heavy atom. The van der Waals surface area contributed by atoms with Crippen molar-refractivity contribution in [3.8, 4) is 11.5 Å². The largest absolute Gasteiger partial charge is 0.393 e. The first-order valence-corrected chi connectivity index (χ1v) is 10.7. The molecule has 32 heavy (non-hydrogen) atoms. The number of nitrogens with zero attached hydrogens (tertiary/aromatic N) is 5. The maximum atomic E-state index is 12.7. The van der Waals surface area contributed by atoms with Gasteiger partial charge in [0, 0.05) is 37.8 Å². The minimum absolute atomic E-state index is 0.143. The number of pyridine rings is 1. The number of carbonyl (C=O) groups excluding carboxylic acids is 1. The van der Waals surface area contributed by atoms with Gasteiger partial charge in [0.05, 0.1) is 22.7 Å². The molecule has 1 saturated carbocycles. The van der Waals surface area contributed by atoms with Gasteiger partial charge >= 0.3 is 0 Å². The van der Waals surface area contributed by atoms with Gasteiger partial charge in [-0.2, -0.15) is 5.10 Å². The number of aliphatic hydroxyl groups is 1. The normalized spacial score (nSPS) is 17.4. The Hall–Kier alpha value is -3.72. The molecular weight excluding hydrogens is 406 g/mol. The maximum Gasteiger partial charge on any atom is 0.258 e. The molecule has 0 atom stereocenters. The van der Waals surface area contributed by atoms with Crippen molar-refractivity contribution in [2.45, 2.75) is 18.9 Å². The number of nitrogens with one attached hydrogen (secondary N) is 2. The molecule has 0 bridgehead atoms. The highest BCUT2D eigenvalue weighted by molar-refractivity contribution is 6.03. The van der Waals surface area contributed by atoms with Gasteiger partial charge in [0.2, 0.25) is 0 Å². The molecule has 2 aliphatic rings. The topological polar surface area (TPSA) is 112 Å². The van der Waals surface area contributed by atoms with Crippen molar-refractivity contribution in [1.29, 1.82) is 0 Å². The number of benzene rings is 1. The first kappa shape index (κ1) is 19.0. The van der Waals surface area contributed by atoms with E-state index in [1.54, 1.807) is 23.0 Å². The lowest BCUT2D eigenvalue weighted by Crippen LogP contribution is -2.64. The van der Waals surface area contributed by atoms with Gasteiger partial charge in [-0.25, -0.2) is 9.97 Å². The molecule has 2 fully saturated rings. The van der Waals surface area contributed by atoms with Crippen LogP contribution in [0.25, 0.3) is 22.6 Å². The Morgan fingerprint density at radius 2 is 2.03 bits per heavy atom. The summed E-state index contributed by atoms with van der Waals surface area (Å²) in [5.41, 5.74) is 3.34. The number of hydrogen-bond donors (Lipinski definition) is 3. The van der Waals surface area contributed by atoms with Gasteiger partial charge < -0.3 is 20.3 Å². The number of carbonyl (C=O) groups is 1. The van der Waals surface area contributed by atoms with Crippen LogP contribution in [0.15, 0.2) is 48.7 Å². The van der Waals surface area contributed by atoms with Gasteiger partial charge in [0.15, 0.2) is 11.6 Å². The van der Waals surface area contributed by atoms with Crippen molar-refractivity contribution in [2.75, 3.05) is 23.3 Å². The highest BCUT2D eigenvalue weighted by Crippen LogP contribution is 2.49. The van der Waals surface area contributed by atoms with E-state index in [0.717, 1.165) is 48.5 Å². The number of aromatic amines is 1. The van der Waals surface area contributed by atoms with Crippen molar-refractivity contribution in [1.82, 2.24) is 24.7 Å². The number of fused-ring (bicyclic) bond motifs is 1. The molecule has 1 aromatic carbocycles. The summed E-state index contributed by atoms with van der Waals surface area (Å²) in [7, 11) is 1.81. The molecule has 1 aliphatic carbocycles. The average Bonchev–Trinajstić information content (AvgIpc) is 3.32. The number of amides is 1. The zero-order valence-electron chi connectivity index (χ0n) is 17.6. The molecule has 4 aromatic rings. The van der Waals surface area contributed by atoms with Gasteiger partial charge in [0.1, 0.15) is 11.5 Å². The van der Waals surface area contributed by atoms with Gasteiger partial charge in [0.25, 0.3) is 5.91 Å². The van der Waals surface area contributed by atoms with Crippen LogP contribution in [-0.4, -0.2) is 54.9 Å². The molecule has 162 valence electrons. The molecule has 0 radical (unpaired) electrons. The molecule has 6 rings (SSSR count). The molecule has 1 amide bonds. The second kappa shape index (κ2) is 6.89. The van der Waals surface area contributed by atoms with Crippen LogP contribution in [0.1, 0.15) is 23.2 Å². The summed E-state index contributed by atoms with van der Waals surface area (Å²) >= 11 is 0. The molecule has 1 aliphatic heterocycles. The lowest BCUT2D eigenvalue weighted by atomic mass is 9.62. The van der Waals surface area contributed by atoms with Crippen LogP contribution in [0.3, 0.4) is 0 Å². The number of para-hydroxylation sites is 2. The third-order valence-corrected chi connectivity index (χ3v) is 6.48. The summed E-state index contributed by atoms with van der Waals surface area (Å²) in [6, 6.07) is 13.3. The van der Waals surface area contributed by atoms with E-state index >= 15 is 0 Å². The van der Waals surface area contributed by atoms with Crippen molar-refractivity contribution in [3.63, 3.8) is 0 Å². The number of H-pyrrole nitrogens is 1.